The summed E-state index contributed by atoms with van der Waals surface area (Å²) >= 11 is 0. The second-order valence-electron chi connectivity index (χ2n) is 8.02. The summed E-state index contributed by atoms with van der Waals surface area (Å²) in [4.78, 5) is 0. The molecular formula is C26H44. The molecule has 0 radical (unpaired) electrons. The molecule has 0 amide bonds. The number of allylic oxidation sites excluding steroid dienone is 1. The van der Waals surface area contributed by atoms with Crippen molar-refractivity contribution in [1.29, 1.82) is 0 Å². The van der Waals surface area contributed by atoms with Crippen molar-refractivity contribution in [2.24, 2.45) is 0 Å². The van der Waals surface area contributed by atoms with E-state index in [1.807, 2.05) is 0 Å². The van der Waals surface area contributed by atoms with Crippen molar-refractivity contribution in [3.63, 3.8) is 0 Å². The maximum absolute atomic E-state index is 4.23. The van der Waals surface area contributed by atoms with E-state index >= 15 is 0 Å². The molecule has 26 heavy (non-hydrogen) atoms. The van der Waals surface area contributed by atoms with E-state index in [1.165, 1.54) is 114 Å². The Morgan fingerprint density at radius 2 is 0.962 bits per heavy atom. The standard InChI is InChI=1S/C26H44/c1-3-4-5-6-7-8-9-10-11-12-13-14-15-16-17-19-22-25(2)26-23-20-18-21-24-26/h18,20-21,23-24H,2-17,19,22H2,1H3. The van der Waals surface area contributed by atoms with Gasteiger partial charge in [-0.25, -0.2) is 0 Å². The zero-order valence-electron chi connectivity index (χ0n) is 17.6. The molecule has 0 atom stereocenters. The summed E-state index contributed by atoms with van der Waals surface area (Å²) in [5.41, 5.74) is 2.62. The topological polar surface area (TPSA) is 0 Å². The van der Waals surface area contributed by atoms with Crippen molar-refractivity contribution in [2.75, 3.05) is 0 Å². The predicted molar refractivity (Wildman–Crippen MR) is 120 cm³/mol. The quantitative estimate of drug-likeness (QED) is 0.230. The molecule has 1 aromatic carbocycles. The molecule has 0 aliphatic heterocycles. The number of hydrogen-bond acceptors (Lipinski definition) is 0. The van der Waals surface area contributed by atoms with Crippen LogP contribution in [0.2, 0.25) is 0 Å². The monoisotopic (exact) mass is 356 g/mol. The minimum absolute atomic E-state index is 1.16. The van der Waals surface area contributed by atoms with Crippen molar-refractivity contribution in [3.8, 4) is 0 Å². The molecule has 0 aliphatic carbocycles. The number of benzene rings is 1. The fourth-order valence-corrected chi connectivity index (χ4v) is 3.70. The molecule has 0 N–H and O–H groups in total. The molecule has 0 aromatic heterocycles. The highest BCUT2D eigenvalue weighted by molar-refractivity contribution is 5.62. The molecular weight excluding hydrogens is 312 g/mol. The summed E-state index contributed by atoms with van der Waals surface area (Å²) in [6.45, 7) is 6.53. The fraction of sp³-hybridized carbons (Fsp3) is 0.692. The molecule has 0 saturated heterocycles. The van der Waals surface area contributed by atoms with Crippen molar-refractivity contribution in [2.45, 2.75) is 116 Å². The van der Waals surface area contributed by atoms with Gasteiger partial charge in [0, 0.05) is 0 Å². The molecule has 0 fully saturated rings. The molecule has 0 saturated carbocycles. The van der Waals surface area contributed by atoms with Crippen LogP contribution in [0.3, 0.4) is 0 Å². The third-order valence-electron chi connectivity index (χ3n) is 5.51. The van der Waals surface area contributed by atoms with Gasteiger partial charge >= 0.3 is 0 Å². The van der Waals surface area contributed by atoms with Crippen LogP contribution < -0.4 is 0 Å². The summed E-state index contributed by atoms with van der Waals surface area (Å²) in [5, 5.41) is 0. The van der Waals surface area contributed by atoms with Gasteiger partial charge in [0.2, 0.25) is 0 Å². The zero-order valence-corrected chi connectivity index (χ0v) is 17.6. The molecule has 0 aliphatic rings. The maximum atomic E-state index is 4.23. The van der Waals surface area contributed by atoms with Crippen LogP contribution in [-0.2, 0) is 0 Å². The summed E-state index contributed by atoms with van der Waals surface area (Å²) in [5.74, 6) is 0. The molecule has 0 unspecified atom stereocenters. The summed E-state index contributed by atoms with van der Waals surface area (Å²) in [7, 11) is 0. The van der Waals surface area contributed by atoms with Crippen molar-refractivity contribution in [3.05, 3.63) is 42.5 Å². The second kappa shape index (κ2) is 17.4. The lowest BCUT2D eigenvalue weighted by atomic mass is 10.00. The van der Waals surface area contributed by atoms with Gasteiger partial charge in [-0.1, -0.05) is 140 Å². The summed E-state index contributed by atoms with van der Waals surface area (Å²) in [6.07, 6.45) is 24.1. The van der Waals surface area contributed by atoms with E-state index in [2.05, 4.69) is 43.8 Å². The Morgan fingerprint density at radius 3 is 1.38 bits per heavy atom. The summed E-state index contributed by atoms with van der Waals surface area (Å²) in [6, 6.07) is 10.6. The van der Waals surface area contributed by atoms with Gasteiger partial charge in [0.1, 0.15) is 0 Å². The lowest BCUT2D eigenvalue weighted by Crippen LogP contribution is -1.85. The van der Waals surface area contributed by atoms with E-state index in [0.29, 0.717) is 0 Å². The van der Waals surface area contributed by atoms with Gasteiger partial charge in [-0.3, -0.25) is 0 Å². The highest BCUT2D eigenvalue weighted by Crippen LogP contribution is 2.20. The highest BCUT2D eigenvalue weighted by atomic mass is 14.0. The predicted octanol–water partition coefficient (Wildman–Crippen LogP) is 9.35. The third kappa shape index (κ3) is 13.2. The van der Waals surface area contributed by atoms with Gasteiger partial charge in [0.25, 0.3) is 0 Å². The molecule has 0 nitrogen and oxygen atoms in total. The Labute approximate surface area is 164 Å². The molecule has 1 rings (SSSR count). The Hall–Kier alpha value is -1.04. The Bertz CT molecular complexity index is 417. The molecule has 0 bridgehead atoms. The lowest BCUT2D eigenvalue weighted by Gasteiger charge is -2.06. The number of rotatable bonds is 18. The van der Waals surface area contributed by atoms with Crippen molar-refractivity contribution >= 4 is 5.57 Å². The van der Waals surface area contributed by atoms with E-state index in [1.54, 1.807) is 0 Å². The molecule has 1 aromatic rings. The first-order valence-electron chi connectivity index (χ1n) is 11.6. The Balaban J connectivity index is 1.76. The minimum atomic E-state index is 1.16. The van der Waals surface area contributed by atoms with Crippen LogP contribution >= 0.6 is 0 Å². The van der Waals surface area contributed by atoms with Crippen LogP contribution in [0.4, 0.5) is 0 Å². The highest BCUT2D eigenvalue weighted by Gasteiger charge is 1.98. The normalized spacial score (nSPS) is 11.0. The van der Waals surface area contributed by atoms with Gasteiger partial charge in [-0.05, 0) is 24.0 Å². The Kier molecular flexibility index (Phi) is 15.4. The van der Waals surface area contributed by atoms with Gasteiger partial charge in [-0.15, -0.1) is 0 Å². The first kappa shape index (κ1) is 23.0. The van der Waals surface area contributed by atoms with E-state index in [-0.39, 0.29) is 0 Å². The zero-order chi connectivity index (χ0) is 18.7. The molecule has 148 valence electrons. The first-order valence-corrected chi connectivity index (χ1v) is 11.6. The average Bonchev–Trinajstić information content (AvgIpc) is 2.68. The Morgan fingerprint density at radius 1 is 0.577 bits per heavy atom. The maximum Gasteiger partial charge on any atom is -0.0230 e. The van der Waals surface area contributed by atoms with Crippen LogP contribution in [0, 0.1) is 0 Å². The van der Waals surface area contributed by atoms with Crippen molar-refractivity contribution < 1.29 is 0 Å². The number of unbranched alkanes of at least 4 members (excludes halogenated alkanes) is 15. The van der Waals surface area contributed by atoms with Crippen LogP contribution in [0.5, 0.6) is 0 Å². The van der Waals surface area contributed by atoms with Gasteiger partial charge in [-0.2, -0.15) is 0 Å². The lowest BCUT2D eigenvalue weighted by molar-refractivity contribution is 0.530. The van der Waals surface area contributed by atoms with E-state index in [0.717, 1.165) is 6.42 Å². The van der Waals surface area contributed by atoms with Crippen LogP contribution in [-0.4, -0.2) is 0 Å². The first-order chi connectivity index (χ1) is 12.8. The van der Waals surface area contributed by atoms with Crippen LogP contribution in [0.25, 0.3) is 5.57 Å². The van der Waals surface area contributed by atoms with Crippen LogP contribution in [0.1, 0.15) is 122 Å². The largest absolute Gasteiger partial charge is 0.0952 e. The van der Waals surface area contributed by atoms with E-state index < -0.39 is 0 Å². The third-order valence-corrected chi connectivity index (χ3v) is 5.51. The van der Waals surface area contributed by atoms with Crippen LogP contribution in [0.15, 0.2) is 36.9 Å². The average molecular weight is 357 g/mol. The molecule has 0 heterocycles. The van der Waals surface area contributed by atoms with E-state index in [4.69, 9.17) is 0 Å². The van der Waals surface area contributed by atoms with Crippen molar-refractivity contribution in [1.82, 2.24) is 0 Å². The molecule has 0 heteroatoms. The SMILES string of the molecule is C=C(CCCCCCCCCCCCCCCCCC)c1ccccc1. The smallest absolute Gasteiger partial charge is 0.0230 e. The second-order valence-corrected chi connectivity index (χ2v) is 8.02. The molecule has 0 spiro atoms. The van der Waals surface area contributed by atoms with Gasteiger partial charge in [0.15, 0.2) is 0 Å². The van der Waals surface area contributed by atoms with E-state index in [9.17, 15) is 0 Å². The van der Waals surface area contributed by atoms with Gasteiger partial charge < -0.3 is 0 Å². The number of hydrogen-bond donors (Lipinski definition) is 0. The van der Waals surface area contributed by atoms with Gasteiger partial charge in [0.05, 0.1) is 0 Å². The fourth-order valence-electron chi connectivity index (χ4n) is 3.70. The summed E-state index contributed by atoms with van der Waals surface area (Å²) < 4.78 is 0. The minimum Gasteiger partial charge on any atom is -0.0952 e.